The van der Waals surface area contributed by atoms with E-state index in [1.807, 2.05) is 0 Å². The number of nitrogens with zero attached hydrogens (tertiary/aromatic N) is 5. The molecule has 1 amide bonds. The van der Waals surface area contributed by atoms with E-state index < -0.39 is 37.8 Å². The molecule has 0 aliphatic heterocycles. The first-order valence-electron chi connectivity index (χ1n) is 13.6. The summed E-state index contributed by atoms with van der Waals surface area (Å²) in [5.41, 5.74) is -0.693. The second kappa shape index (κ2) is 14.4. The molecule has 1 fully saturated rings. The highest BCUT2D eigenvalue weighted by Gasteiger charge is 2.55. The maximum Gasteiger partial charge on any atom is 0.416 e. The van der Waals surface area contributed by atoms with E-state index >= 15 is 0 Å². The van der Waals surface area contributed by atoms with Gasteiger partial charge in [-0.3, -0.25) is 9.46 Å². The summed E-state index contributed by atoms with van der Waals surface area (Å²) in [6, 6.07) is -0.176. The number of halogens is 1. The Kier molecular flexibility index (Phi) is 11.8. The SMILES string of the molecule is CCOP(=O)(OCC)C(CO)(COCCOC)On1ncc2c(N(C(=O)OC(C)(C)C)C3CCCC3)nc(Cl)nc21. The van der Waals surface area contributed by atoms with Crippen molar-refractivity contribution < 1.29 is 42.6 Å². The van der Waals surface area contributed by atoms with E-state index in [9.17, 15) is 14.5 Å². The number of methoxy groups -OCH3 is 1. The van der Waals surface area contributed by atoms with E-state index in [1.54, 1.807) is 34.6 Å². The van der Waals surface area contributed by atoms with Crippen LogP contribution in [-0.2, 0) is 27.8 Å². The Morgan fingerprint density at radius 3 is 2.39 bits per heavy atom. The van der Waals surface area contributed by atoms with Gasteiger partial charge < -0.3 is 33.2 Å². The average Bonchev–Trinajstić information content (AvgIpc) is 3.56. The second-order valence-electron chi connectivity index (χ2n) is 10.4. The Bertz CT molecular complexity index is 1190. The number of carbonyl (C=O) groups excluding carboxylic acids is 1. The van der Waals surface area contributed by atoms with Crippen LogP contribution < -0.4 is 9.74 Å². The fourth-order valence-corrected chi connectivity index (χ4v) is 6.43. The molecule has 41 heavy (non-hydrogen) atoms. The van der Waals surface area contributed by atoms with Crippen LogP contribution in [0.4, 0.5) is 10.6 Å². The van der Waals surface area contributed by atoms with Crippen LogP contribution in [0.15, 0.2) is 6.20 Å². The Morgan fingerprint density at radius 1 is 1.17 bits per heavy atom. The van der Waals surface area contributed by atoms with Gasteiger partial charge in [-0.05, 0) is 59.1 Å². The van der Waals surface area contributed by atoms with Crippen LogP contribution in [0.1, 0.15) is 60.3 Å². The molecule has 3 rings (SSSR count). The molecular formula is C25H41ClN5O9P. The third-order valence-electron chi connectivity index (χ3n) is 6.22. The third-order valence-corrected chi connectivity index (χ3v) is 8.93. The smallest absolute Gasteiger partial charge is 0.416 e. The zero-order chi connectivity index (χ0) is 30.3. The standard InChI is InChI=1S/C25H41ClN5O9P/c1-7-37-41(34,38-8-2)25(16-32,17-36-14-13-35-6)40-31-21-19(15-27-31)20(28-22(26)29-21)30(18-11-9-10-12-18)23(33)39-24(3,4)5/h15,18,32H,7-14,16-17H2,1-6H3. The number of anilines is 1. The summed E-state index contributed by atoms with van der Waals surface area (Å²) < 4.78 is 41.5. The molecule has 1 aliphatic rings. The van der Waals surface area contributed by atoms with Crippen molar-refractivity contribution in [2.45, 2.75) is 77.3 Å². The molecular weight excluding hydrogens is 581 g/mol. The predicted octanol–water partition coefficient (Wildman–Crippen LogP) is 4.21. The van der Waals surface area contributed by atoms with Gasteiger partial charge in [-0.25, -0.2) is 4.79 Å². The minimum absolute atomic E-state index is 0.00466. The molecule has 1 N–H and O–H groups in total. The molecule has 0 aromatic carbocycles. The van der Waals surface area contributed by atoms with Gasteiger partial charge in [0.05, 0.1) is 38.0 Å². The summed E-state index contributed by atoms with van der Waals surface area (Å²) in [5.74, 6) is 0.194. The Morgan fingerprint density at radius 2 is 1.83 bits per heavy atom. The minimum atomic E-state index is -4.19. The van der Waals surface area contributed by atoms with E-state index in [0.717, 1.165) is 30.5 Å². The maximum atomic E-state index is 14.0. The number of ether oxygens (including phenoxy) is 3. The van der Waals surface area contributed by atoms with Crippen molar-refractivity contribution in [2.24, 2.45) is 0 Å². The first-order valence-corrected chi connectivity index (χ1v) is 15.6. The normalized spacial score (nSPS) is 16.2. The van der Waals surface area contributed by atoms with Crippen LogP contribution in [-0.4, -0.2) is 94.8 Å². The number of carbonyl (C=O) groups is 1. The number of aliphatic hydroxyl groups is 1. The molecule has 1 atom stereocenters. The number of aromatic nitrogens is 4. The summed E-state index contributed by atoms with van der Waals surface area (Å²) in [5, 5.41) is 13.0. The van der Waals surface area contributed by atoms with Crippen LogP contribution in [0, 0.1) is 0 Å². The summed E-state index contributed by atoms with van der Waals surface area (Å²) in [6.07, 6.45) is 4.22. The van der Waals surface area contributed by atoms with E-state index in [4.69, 9.17) is 39.7 Å². The average molecular weight is 622 g/mol. The van der Waals surface area contributed by atoms with Gasteiger partial charge in [0, 0.05) is 13.2 Å². The molecule has 2 heterocycles. The highest BCUT2D eigenvalue weighted by molar-refractivity contribution is 7.55. The molecule has 1 unspecified atom stereocenters. The summed E-state index contributed by atoms with van der Waals surface area (Å²) in [4.78, 5) is 30.6. The number of aliphatic hydroxyl groups excluding tert-OH is 1. The lowest BCUT2D eigenvalue weighted by atomic mass is 10.2. The molecule has 0 bridgehead atoms. The van der Waals surface area contributed by atoms with Gasteiger partial charge in [0.2, 0.25) is 10.9 Å². The van der Waals surface area contributed by atoms with Crippen molar-refractivity contribution in [1.29, 1.82) is 0 Å². The van der Waals surface area contributed by atoms with Gasteiger partial charge in [0.25, 0.3) is 5.34 Å². The third kappa shape index (κ3) is 7.86. The molecule has 1 aliphatic carbocycles. The Labute approximate surface area is 245 Å². The first-order chi connectivity index (χ1) is 19.4. The quantitative estimate of drug-likeness (QED) is 0.172. The first kappa shape index (κ1) is 33.4. The lowest BCUT2D eigenvalue weighted by Crippen LogP contribution is -2.50. The van der Waals surface area contributed by atoms with Gasteiger partial charge >= 0.3 is 13.7 Å². The molecule has 232 valence electrons. The molecule has 2 aromatic heterocycles. The highest BCUT2D eigenvalue weighted by Crippen LogP contribution is 2.59. The van der Waals surface area contributed by atoms with E-state index in [2.05, 4.69) is 15.1 Å². The fourth-order valence-electron chi connectivity index (χ4n) is 4.44. The van der Waals surface area contributed by atoms with Gasteiger partial charge in [0.1, 0.15) is 18.8 Å². The molecule has 1 saturated carbocycles. The van der Waals surface area contributed by atoms with E-state index in [-0.39, 0.29) is 49.2 Å². The van der Waals surface area contributed by atoms with Gasteiger partial charge in [-0.2, -0.15) is 9.97 Å². The summed E-state index contributed by atoms with van der Waals surface area (Å²) >= 11 is 6.36. The largest absolute Gasteiger partial charge is 0.443 e. The summed E-state index contributed by atoms with van der Waals surface area (Å²) in [7, 11) is -2.68. The van der Waals surface area contributed by atoms with Crippen molar-refractivity contribution >= 4 is 42.1 Å². The number of hydrogen-bond acceptors (Lipinski definition) is 12. The number of rotatable bonds is 15. The van der Waals surface area contributed by atoms with Crippen molar-refractivity contribution in [2.75, 3.05) is 51.7 Å². The number of fused-ring (bicyclic) bond motifs is 1. The van der Waals surface area contributed by atoms with Crippen molar-refractivity contribution in [3.8, 4) is 0 Å². The topological polar surface area (TPSA) is 157 Å². The van der Waals surface area contributed by atoms with Crippen LogP contribution in [0.2, 0.25) is 5.28 Å². The van der Waals surface area contributed by atoms with Crippen LogP contribution in [0.5, 0.6) is 0 Å². The number of amides is 1. The Balaban J connectivity index is 2.12. The molecule has 14 nitrogen and oxygen atoms in total. The molecule has 2 aromatic rings. The van der Waals surface area contributed by atoms with Crippen LogP contribution >= 0.6 is 19.2 Å². The van der Waals surface area contributed by atoms with Gasteiger partial charge in [-0.1, -0.05) is 17.7 Å². The van der Waals surface area contributed by atoms with Crippen molar-refractivity contribution in [3.63, 3.8) is 0 Å². The lowest BCUT2D eigenvalue weighted by molar-refractivity contribution is -0.103. The van der Waals surface area contributed by atoms with E-state index in [1.165, 1.54) is 18.2 Å². The summed E-state index contributed by atoms with van der Waals surface area (Å²) in [6.45, 7) is 7.76. The van der Waals surface area contributed by atoms with Gasteiger partial charge in [0.15, 0.2) is 5.82 Å². The lowest BCUT2D eigenvalue weighted by Gasteiger charge is -2.36. The molecule has 0 spiro atoms. The van der Waals surface area contributed by atoms with E-state index in [0.29, 0.717) is 5.39 Å². The monoisotopic (exact) mass is 621 g/mol. The van der Waals surface area contributed by atoms with Crippen LogP contribution in [0.3, 0.4) is 0 Å². The molecule has 0 saturated heterocycles. The molecule has 16 heteroatoms. The van der Waals surface area contributed by atoms with Crippen molar-refractivity contribution in [3.05, 3.63) is 11.5 Å². The zero-order valence-corrected chi connectivity index (χ0v) is 26.2. The predicted molar refractivity (Wildman–Crippen MR) is 151 cm³/mol. The van der Waals surface area contributed by atoms with Crippen molar-refractivity contribution in [1.82, 2.24) is 19.9 Å². The zero-order valence-electron chi connectivity index (χ0n) is 24.5. The molecule has 0 radical (unpaired) electrons. The maximum absolute atomic E-state index is 14.0. The van der Waals surface area contributed by atoms with Crippen LogP contribution in [0.25, 0.3) is 11.0 Å². The second-order valence-corrected chi connectivity index (χ2v) is 13.1. The van der Waals surface area contributed by atoms with Gasteiger partial charge in [-0.15, -0.1) is 5.10 Å². The number of hydrogen-bond donors (Lipinski definition) is 1. The fraction of sp³-hybridized carbons (Fsp3) is 0.760. The highest BCUT2D eigenvalue weighted by atomic mass is 35.5. The Hall–Kier alpha value is -2.06. The minimum Gasteiger partial charge on any atom is -0.443 e.